The second kappa shape index (κ2) is 7.69. The van der Waals surface area contributed by atoms with Gasteiger partial charge in [0, 0.05) is 13.1 Å². The maximum absolute atomic E-state index is 12.5. The zero-order valence-corrected chi connectivity index (χ0v) is 14.4. The first-order valence-electron chi connectivity index (χ1n) is 8.26. The van der Waals surface area contributed by atoms with Crippen LogP contribution in [0.5, 0.6) is 5.75 Å². The summed E-state index contributed by atoms with van der Waals surface area (Å²) in [5.41, 5.74) is 7.41. The second-order valence-corrected chi connectivity index (χ2v) is 5.81. The Hall–Kier alpha value is -3.35. The van der Waals surface area contributed by atoms with Crippen molar-refractivity contribution in [2.75, 3.05) is 13.2 Å². The molecule has 0 atom stereocenters. The molecule has 0 bridgehead atoms. The van der Waals surface area contributed by atoms with Gasteiger partial charge in [-0.3, -0.25) is 9.59 Å². The summed E-state index contributed by atoms with van der Waals surface area (Å²) in [7, 11) is 0. The smallest absolute Gasteiger partial charge is 0.255 e. The number of nitrogens with zero attached hydrogens (tertiary/aromatic N) is 2. The number of benzene rings is 2. The first kappa shape index (κ1) is 17.5. The van der Waals surface area contributed by atoms with Gasteiger partial charge in [-0.25, -0.2) is 4.98 Å². The van der Waals surface area contributed by atoms with Crippen molar-refractivity contribution in [1.29, 1.82) is 0 Å². The van der Waals surface area contributed by atoms with Gasteiger partial charge < -0.3 is 20.4 Å². The van der Waals surface area contributed by atoms with Crippen LogP contribution in [0.1, 0.15) is 16.2 Å². The monoisotopic (exact) mass is 352 g/mol. The molecule has 7 nitrogen and oxygen atoms in total. The molecule has 0 aliphatic rings. The summed E-state index contributed by atoms with van der Waals surface area (Å²) in [5.74, 6) is 0.355. The van der Waals surface area contributed by atoms with Crippen molar-refractivity contribution in [1.82, 2.24) is 14.9 Å². The fourth-order valence-electron chi connectivity index (χ4n) is 2.78. The Morgan fingerprint density at radius 1 is 1.15 bits per heavy atom. The molecule has 3 aromatic rings. The molecular formula is C19H20N4O3. The number of para-hydroxylation sites is 3. The number of carbonyl (C=O) groups excluding carboxylic acids is 2. The summed E-state index contributed by atoms with van der Waals surface area (Å²) >= 11 is 0. The van der Waals surface area contributed by atoms with E-state index in [2.05, 4.69) is 14.9 Å². The standard InChI is InChI=1S/C19H20N4O3/c1-13-22-15-7-3-4-8-16(15)23(13)11-10-21-19(25)14-6-2-5-9-17(14)26-12-18(20)24/h2-9H,10-12H2,1H3,(H2,20,24)(H,21,25). The number of ether oxygens (including phenoxy) is 1. The lowest BCUT2D eigenvalue weighted by Crippen LogP contribution is -2.28. The normalized spacial score (nSPS) is 10.7. The fraction of sp³-hybridized carbons (Fsp3) is 0.211. The highest BCUT2D eigenvalue weighted by Gasteiger charge is 2.13. The summed E-state index contributed by atoms with van der Waals surface area (Å²) in [6.45, 7) is 2.70. The molecule has 0 radical (unpaired) electrons. The Bertz CT molecular complexity index is 949. The zero-order chi connectivity index (χ0) is 18.5. The van der Waals surface area contributed by atoms with Crippen LogP contribution in [-0.2, 0) is 11.3 Å². The van der Waals surface area contributed by atoms with Gasteiger partial charge in [-0.05, 0) is 31.2 Å². The third-order valence-corrected chi connectivity index (χ3v) is 3.97. The van der Waals surface area contributed by atoms with Gasteiger partial charge in [-0.1, -0.05) is 24.3 Å². The molecule has 0 aliphatic carbocycles. The molecular weight excluding hydrogens is 332 g/mol. The van der Waals surface area contributed by atoms with Gasteiger partial charge >= 0.3 is 0 Å². The third-order valence-electron chi connectivity index (χ3n) is 3.97. The van der Waals surface area contributed by atoms with E-state index in [1.54, 1.807) is 24.3 Å². The number of primary amides is 1. The molecule has 0 saturated heterocycles. The van der Waals surface area contributed by atoms with E-state index in [1.807, 2.05) is 31.2 Å². The maximum atomic E-state index is 12.5. The van der Waals surface area contributed by atoms with Crippen LogP contribution in [0.15, 0.2) is 48.5 Å². The van der Waals surface area contributed by atoms with Crippen LogP contribution >= 0.6 is 0 Å². The summed E-state index contributed by atoms with van der Waals surface area (Å²) in [4.78, 5) is 27.8. The number of hydrogen-bond donors (Lipinski definition) is 2. The van der Waals surface area contributed by atoms with E-state index in [9.17, 15) is 9.59 Å². The molecule has 3 rings (SSSR count). The molecule has 134 valence electrons. The van der Waals surface area contributed by atoms with E-state index in [0.29, 0.717) is 24.4 Å². The van der Waals surface area contributed by atoms with Crippen molar-refractivity contribution in [2.24, 2.45) is 5.73 Å². The minimum Gasteiger partial charge on any atom is -0.483 e. The number of carbonyl (C=O) groups is 2. The number of imidazole rings is 1. The number of rotatable bonds is 7. The number of hydrogen-bond acceptors (Lipinski definition) is 4. The van der Waals surface area contributed by atoms with Crippen molar-refractivity contribution in [3.05, 3.63) is 59.9 Å². The van der Waals surface area contributed by atoms with Gasteiger partial charge in [0.15, 0.2) is 6.61 Å². The van der Waals surface area contributed by atoms with Crippen molar-refractivity contribution in [2.45, 2.75) is 13.5 Å². The second-order valence-electron chi connectivity index (χ2n) is 5.81. The summed E-state index contributed by atoms with van der Waals surface area (Å²) in [6, 6.07) is 14.6. The lowest BCUT2D eigenvalue weighted by atomic mass is 10.2. The van der Waals surface area contributed by atoms with Gasteiger partial charge in [-0.15, -0.1) is 0 Å². The highest BCUT2D eigenvalue weighted by Crippen LogP contribution is 2.18. The van der Waals surface area contributed by atoms with Crippen LogP contribution < -0.4 is 15.8 Å². The Labute approximate surface area is 150 Å². The topological polar surface area (TPSA) is 99.2 Å². The fourth-order valence-corrected chi connectivity index (χ4v) is 2.78. The number of nitrogens with one attached hydrogen (secondary N) is 1. The molecule has 3 N–H and O–H groups in total. The van der Waals surface area contributed by atoms with E-state index in [0.717, 1.165) is 16.9 Å². The molecule has 1 heterocycles. The van der Waals surface area contributed by atoms with Crippen LogP contribution in [0.3, 0.4) is 0 Å². The van der Waals surface area contributed by atoms with Crippen LogP contribution in [0, 0.1) is 6.92 Å². The number of aromatic nitrogens is 2. The van der Waals surface area contributed by atoms with Gasteiger partial charge in [0.2, 0.25) is 0 Å². The number of amides is 2. The van der Waals surface area contributed by atoms with Gasteiger partial charge in [0.1, 0.15) is 11.6 Å². The average Bonchev–Trinajstić information content (AvgIpc) is 2.95. The zero-order valence-electron chi connectivity index (χ0n) is 14.4. The maximum Gasteiger partial charge on any atom is 0.255 e. The van der Waals surface area contributed by atoms with Crippen molar-refractivity contribution in [3.63, 3.8) is 0 Å². The van der Waals surface area contributed by atoms with Crippen LogP contribution in [0.25, 0.3) is 11.0 Å². The first-order chi connectivity index (χ1) is 12.6. The van der Waals surface area contributed by atoms with Crippen LogP contribution in [-0.4, -0.2) is 34.5 Å². The van der Waals surface area contributed by atoms with E-state index in [-0.39, 0.29) is 12.5 Å². The van der Waals surface area contributed by atoms with Crippen LogP contribution in [0.4, 0.5) is 0 Å². The molecule has 2 aromatic carbocycles. The molecule has 2 amide bonds. The Morgan fingerprint density at radius 3 is 2.69 bits per heavy atom. The summed E-state index contributed by atoms with van der Waals surface area (Å²) < 4.78 is 7.36. The molecule has 0 aliphatic heterocycles. The third kappa shape index (κ3) is 3.83. The first-order valence-corrected chi connectivity index (χ1v) is 8.26. The molecule has 0 unspecified atom stereocenters. The average molecular weight is 352 g/mol. The molecule has 1 aromatic heterocycles. The Balaban J connectivity index is 1.66. The summed E-state index contributed by atoms with van der Waals surface area (Å²) in [6.07, 6.45) is 0. The minimum absolute atomic E-state index is 0.271. The molecule has 7 heteroatoms. The van der Waals surface area contributed by atoms with Crippen molar-refractivity contribution in [3.8, 4) is 5.75 Å². The summed E-state index contributed by atoms with van der Waals surface area (Å²) in [5, 5.41) is 2.87. The van der Waals surface area contributed by atoms with Gasteiger partial charge in [-0.2, -0.15) is 0 Å². The highest BCUT2D eigenvalue weighted by molar-refractivity contribution is 5.97. The molecule has 0 saturated carbocycles. The largest absolute Gasteiger partial charge is 0.483 e. The Kier molecular flexibility index (Phi) is 5.17. The minimum atomic E-state index is -0.595. The predicted molar refractivity (Wildman–Crippen MR) is 97.9 cm³/mol. The SMILES string of the molecule is Cc1nc2ccccc2n1CCNC(=O)c1ccccc1OCC(N)=O. The van der Waals surface area contributed by atoms with E-state index in [1.165, 1.54) is 0 Å². The molecule has 0 fully saturated rings. The van der Waals surface area contributed by atoms with Crippen molar-refractivity contribution < 1.29 is 14.3 Å². The number of aryl methyl sites for hydroxylation is 1. The Morgan fingerprint density at radius 2 is 1.88 bits per heavy atom. The van der Waals surface area contributed by atoms with Gasteiger partial charge in [0.05, 0.1) is 16.6 Å². The van der Waals surface area contributed by atoms with E-state index in [4.69, 9.17) is 10.5 Å². The lowest BCUT2D eigenvalue weighted by Gasteiger charge is -2.12. The molecule has 26 heavy (non-hydrogen) atoms. The number of fused-ring (bicyclic) bond motifs is 1. The van der Waals surface area contributed by atoms with Crippen molar-refractivity contribution >= 4 is 22.8 Å². The van der Waals surface area contributed by atoms with E-state index >= 15 is 0 Å². The van der Waals surface area contributed by atoms with E-state index < -0.39 is 5.91 Å². The quantitative estimate of drug-likeness (QED) is 0.675. The van der Waals surface area contributed by atoms with Gasteiger partial charge in [0.25, 0.3) is 11.8 Å². The number of nitrogens with two attached hydrogens (primary N) is 1. The highest BCUT2D eigenvalue weighted by atomic mass is 16.5. The van der Waals surface area contributed by atoms with Crippen LogP contribution in [0.2, 0.25) is 0 Å². The lowest BCUT2D eigenvalue weighted by molar-refractivity contribution is -0.119. The molecule has 0 spiro atoms. The predicted octanol–water partition coefficient (Wildman–Crippen LogP) is 1.64.